The van der Waals surface area contributed by atoms with Crippen molar-refractivity contribution in [2.75, 3.05) is 13.6 Å². The molecule has 0 spiro atoms. The van der Waals surface area contributed by atoms with Crippen LogP contribution in [0.1, 0.15) is 72.1 Å². The summed E-state index contributed by atoms with van der Waals surface area (Å²) in [4.78, 5) is 38.6. The van der Waals surface area contributed by atoms with E-state index < -0.39 is 38.1 Å². The van der Waals surface area contributed by atoms with Gasteiger partial charge in [-0.25, -0.2) is 8.42 Å². The Hall–Kier alpha value is -1.74. The first-order valence-corrected chi connectivity index (χ1v) is 13.5. The summed E-state index contributed by atoms with van der Waals surface area (Å²) < 4.78 is 26.1. The maximum atomic E-state index is 12.7. The molecule has 2 N–H and O–H groups in total. The molecule has 0 aromatic carbocycles. The van der Waals surface area contributed by atoms with Gasteiger partial charge in [0.05, 0.1) is 22.2 Å². The third-order valence-corrected chi connectivity index (χ3v) is 10.0. The van der Waals surface area contributed by atoms with Crippen molar-refractivity contribution in [1.82, 2.24) is 9.62 Å². The largest absolute Gasteiger partial charge is 0.393 e. The highest BCUT2D eigenvalue weighted by Gasteiger charge is 2.58. The fourth-order valence-corrected chi connectivity index (χ4v) is 6.11. The fourth-order valence-electron chi connectivity index (χ4n) is 4.74. The van der Waals surface area contributed by atoms with Gasteiger partial charge in [-0.05, 0) is 71.1 Å². The third kappa shape index (κ3) is 5.67. The van der Waals surface area contributed by atoms with Crippen molar-refractivity contribution in [1.29, 1.82) is 0 Å². The molecule has 5 atom stereocenters. The summed E-state index contributed by atoms with van der Waals surface area (Å²) in [5.41, 5.74) is -0.666. The zero-order chi connectivity index (χ0) is 24.6. The Morgan fingerprint density at radius 1 is 1.12 bits per heavy atom. The first-order valence-electron chi connectivity index (χ1n) is 12.0. The smallest absolute Gasteiger partial charge is 0.240 e. The van der Waals surface area contributed by atoms with Gasteiger partial charge in [-0.15, -0.1) is 0 Å². The predicted octanol–water partition coefficient (Wildman–Crippen LogP) is 2.17. The Morgan fingerprint density at radius 3 is 2.36 bits per heavy atom. The van der Waals surface area contributed by atoms with Gasteiger partial charge >= 0.3 is 0 Å². The molecule has 3 rings (SSSR count). The predicted molar refractivity (Wildman–Crippen MR) is 124 cm³/mol. The zero-order valence-electron chi connectivity index (χ0n) is 20.2. The van der Waals surface area contributed by atoms with Gasteiger partial charge < -0.3 is 10.0 Å². The number of carbonyl (C=O) groups excluding carboxylic acids is 3. The van der Waals surface area contributed by atoms with Crippen molar-refractivity contribution < 1.29 is 27.9 Å². The molecule has 33 heavy (non-hydrogen) atoms. The maximum absolute atomic E-state index is 12.7. The van der Waals surface area contributed by atoms with E-state index in [4.69, 9.17) is 0 Å². The molecule has 0 aromatic rings. The number of Topliss-reactive ketones (excluding diaryl/α,β-unsaturated/α-hetero) is 1. The number of rotatable bonds is 11. The van der Waals surface area contributed by atoms with E-state index in [0.29, 0.717) is 38.6 Å². The minimum atomic E-state index is -3.61. The molecule has 2 amide bonds. The number of aliphatic hydroxyl groups is 1. The highest BCUT2D eigenvalue weighted by Crippen LogP contribution is 2.54. The molecular weight excluding hydrogens is 444 g/mol. The number of nitrogens with zero attached hydrogens (tertiary/aromatic N) is 1. The molecule has 0 saturated heterocycles. The number of sulfonamides is 1. The summed E-state index contributed by atoms with van der Waals surface area (Å²) in [7, 11) is -1.87. The molecule has 186 valence electrons. The first-order chi connectivity index (χ1) is 15.3. The average Bonchev–Trinajstić information content (AvgIpc) is 3.60. The molecule has 3 aliphatic carbocycles. The summed E-state index contributed by atoms with van der Waals surface area (Å²) in [5, 5.41) is 9.85. The lowest BCUT2D eigenvalue weighted by Crippen LogP contribution is -2.42. The van der Waals surface area contributed by atoms with Gasteiger partial charge in [0.15, 0.2) is 0 Å². The summed E-state index contributed by atoms with van der Waals surface area (Å²) in [6.45, 7) is 5.54. The van der Waals surface area contributed by atoms with E-state index in [-0.39, 0.29) is 23.5 Å². The van der Waals surface area contributed by atoms with Gasteiger partial charge in [-0.1, -0.05) is 19.1 Å². The molecule has 8 nitrogen and oxygen atoms in total. The van der Waals surface area contributed by atoms with Crippen molar-refractivity contribution in [3.05, 3.63) is 12.2 Å². The normalized spacial score (nSPS) is 32.5. The molecule has 0 bridgehead atoms. The van der Waals surface area contributed by atoms with Crippen LogP contribution in [-0.2, 0) is 24.4 Å². The number of allylic oxidation sites excluding steroid dienone is 2. The molecule has 0 heterocycles. The SMILES string of the molecule is CC(=O)[C@@H]1C[C@@H](O)CC1C(=O)N(C)CCCC/C=C\[C@@H]1C[C@]1(C)C(=O)NS(=O)(=O)C1(C)CC1. The molecule has 0 radical (unpaired) electrons. The molecule has 3 aliphatic rings. The Kier molecular flexibility index (Phi) is 7.44. The molecule has 3 saturated carbocycles. The molecule has 0 aliphatic heterocycles. The summed E-state index contributed by atoms with van der Waals surface area (Å²) in [6.07, 6.45) is 8.49. The number of nitrogens with one attached hydrogen (secondary N) is 1. The molecule has 9 heteroatoms. The van der Waals surface area contributed by atoms with Crippen molar-refractivity contribution >= 4 is 27.6 Å². The van der Waals surface area contributed by atoms with Gasteiger partial charge in [0.2, 0.25) is 21.8 Å². The van der Waals surface area contributed by atoms with Crippen LogP contribution in [0.3, 0.4) is 0 Å². The number of ketones is 1. The van der Waals surface area contributed by atoms with Crippen LogP contribution in [0, 0.1) is 23.2 Å². The number of amides is 2. The van der Waals surface area contributed by atoms with E-state index in [1.807, 2.05) is 12.2 Å². The fraction of sp³-hybridized carbons (Fsp3) is 0.792. The number of unbranched alkanes of at least 4 members (excludes halogenated alkanes) is 2. The lowest BCUT2D eigenvalue weighted by atomic mass is 9.91. The van der Waals surface area contributed by atoms with Gasteiger partial charge in [0.1, 0.15) is 5.78 Å². The second kappa shape index (κ2) is 9.49. The second-order valence-corrected chi connectivity index (χ2v) is 12.9. The first kappa shape index (κ1) is 25.9. The van der Waals surface area contributed by atoms with Crippen LogP contribution in [0.15, 0.2) is 12.2 Å². The van der Waals surface area contributed by atoms with Gasteiger partial charge in [-0.3, -0.25) is 19.1 Å². The van der Waals surface area contributed by atoms with Crippen molar-refractivity contribution in [3.63, 3.8) is 0 Å². The molecular formula is C24H38N2O6S. The summed E-state index contributed by atoms with van der Waals surface area (Å²) >= 11 is 0. The van der Waals surface area contributed by atoms with Crippen LogP contribution >= 0.6 is 0 Å². The monoisotopic (exact) mass is 482 g/mol. The summed E-state index contributed by atoms with van der Waals surface area (Å²) in [6, 6.07) is 0. The Morgan fingerprint density at radius 2 is 1.76 bits per heavy atom. The third-order valence-electron chi connectivity index (χ3n) is 7.89. The maximum Gasteiger partial charge on any atom is 0.240 e. The second-order valence-electron chi connectivity index (χ2n) is 10.7. The van der Waals surface area contributed by atoms with E-state index in [9.17, 15) is 27.9 Å². The number of hydrogen-bond acceptors (Lipinski definition) is 6. The highest BCUT2D eigenvalue weighted by molar-refractivity contribution is 7.91. The lowest BCUT2D eigenvalue weighted by Gasteiger charge is -2.23. The van der Waals surface area contributed by atoms with E-state index >= 15 is 0 Å². The minimum absolute atomic E-state index is 0.0384. The van der Waals surface area contributed by atoms with E-state index in [2.05, 4.69) is 4.72 Å². The zero-order valence-corrected chi connectivity index (χ0v) is 21.0. The van der Waals surface area contributed by atoms with Crippen LogP contribution in [0.5, 0.6) is 0 Å². The number of carbonyl (C=O) groups is 3. The Bertz CT molecular complexity index is 925. The van der Waals surface area contributed by atoms with Crippen LogP contribution in [0.4, 0.5) is 0 Å². The standard InChI is InChI=1S/C24H38N2O6S/c1-16(27)19-13-18(28)14-20(19)21(29)26(4)12-8-6-5-7-9-17-15-24(17,3)22(30)25-33(31,32)23(2)10-11-23/h7,9,17-20,28H,5-6,8,10-15H2,1-4H3,(H,25,30)/b9-7-/t17-,18-,19+,20?,24+/m1/s1. The minimum Gasteiger partial charge on any atom is -0.393 e. The number of aliphatic hydroxyl groups excluding tert-OH is 1. The quantitative estimate of drug-likeness (QED) is 0.344. The van der Waals surface area contributed by atoms with Crippen LogP contribution < -0.4 is 4.72 Å². The molecule has 1 unspecified atom stereocenters. The molecule has 0 aromatic heterocycles. The lowest BCUT2D eigenvalue weighted by molar-refractivity contribution is -0.138. The van der Waals surface area contributed by atoms with Crippen LogP contribution in [0.2, 0.25) is 0 Å². The average molecular weight is 483 g/mol. The van der Waals surface area contributed by atoms with E-state index in [1.165, 1.54) is 6.92 Å². The van der Waals surface area contributed by atoms with E-state index in [1.54, 1.807) is 25.8 Å². The van der Waals surface area contributed by atoms with E-state index in [0.717, 1.165) is 19.3 Å². The summed E-state index contributed by atoms with van der Waals surface area (Å²) in [5.74, 6) is -1.29. The highest BCUT2D eigenvalue weighted by atomic mass is 32.2. The van der Waals surface area contributed by atoms with Crippen LogP contribution in [0.25, 0.3) is 0 Å². The van der Waals surface area contributed by atoms with Gasteiger partial charge in [-0.2, -0.15) is 0 Å². The Labute approximate surface area is 197 Å². The molecule has 3 fully saturated rings. The topological polar surface area (TPSA) is 121 Å². The van der Waals surface area contributed by atoms with Crippen molar-refractivity contribution in [2.24, 2.45) is 23.2 Å². The van der Waals surface area contributed by atoms with Crippen molar-refractivity contribution in [2.45, 2.75) is 83.0 Å². The number of hydrogen-bond donors (Lipinski definition) is 2. The van der Waals surface area contributed by atoms with Crippen LogP contribution in [-0.4, -0.2) is 60.5 Å². The van der Waals surface area contributed by atoms with Crippen molar-refractivity contribution in [3.8, 4) is 0 Å². The van der Waals surface area contributed by atoms with Gasteiger partial charge in [0, 0.05) is 19.5 Å². The Balaban J connectivity index is 1.36. The van der Waals surface area contributed by atoms with Gasteiger partial charge in [0.25, 0.3) is 0 Å².